The number of ether oxygens (including phenoxy) is 1. The predicted octanol–water partition coefficient (Wildman–Crippen LogP) is -1.94. The maximum Gasteiger partial charge on any atom is 0.264 e. The molecule has 7 heteroatoms. The van der Waals surface area contributed by atoms with Crippen molar-refractivity contribution in [1.82, 2.24) is 5.32 Å². The Kier molecular flexibility index (Phi) is 2.52. The molecule has 0 amide bonds. The molecule has 14 heavy (non-hydrogen) atoms. The lowest BCUT2D eigenvalue weighted by Gasteiger charge is -2.15. The molecular formula is C7H13NO5S. The Labute approximate surface area is 82.3 Å². The lowest BCUT2D eigenvalue weighted by Crippen LogP contribution is -2.37. The Hall–Kier alpha value is -0.210. The molecule has 2 heterocycles. The van der Waals surface area contributed by atoms with Gasteiger partial charge in [0.15, 0.2) is 0 Å². The van der Waals surface area contributed by atoms with Crippen LogP contribution in [0, 0.1) is 0 Å². The van der Waals surface area contributed by atoms with Crippen molar-refractivity contribution in [2.75, 3.05) is 19.4 Å². The zero-order valence-electron chi connectivity index (χ0n) is 7.71. The molecule has 0 bridgehead atoms. The molecule has 0 spiro atoms. The zero-order valence-corrected chi connectivity index (χ0v) is 8.53. The highest BCUT2D eigenvalue weighted by molar-refractivity contribution is 7.86. The molecule has 2 rings (SSSR count). The first-order valence-corrected chi connectivity index (χ1v) is 6.20. The Morgan fingerprint density at radius 1 is 1.57 bits per heavy atom. The largest absolute Gasteiger partial charge is 0.389 e. The highest BCUT2D eigenvalue weighted by atomic mass is 32.2. The van der Waals surface area contributed by atoms with Gasteiger partial charge in [-0.05, 0) is 0 Å². The van der Waals surface area contributed by atoms with E-state index in [-0.39, 0.29) is 18.8 Å². The second-order valence-electron chi connectivity index (χ2n) is 3.64. The van der Waals surface area contributed by atoms with Crippen LogP contribution in [0.5, 0.6) is 0 Å². The fourth-order valence-electron chi connectivity index (χ4n) is 1.91. The van der Waals surface area contributed by atoms with E-state index in [1.54, 1.807) is 0 Å². The monoisotopic (exact) mass is 223 g/mol. The van der Waals surface area contributed by atoms with E-state index in [0.717, 1.165) is 6.26 Å². The minimum atomic E-state index is -3.47. The first-order valence-electron chi connectivity index (χ1n) is 4.39. The van der Waals surface area contributed by atoms with Crippen molar-refractivity contribution in [2.24, 2.45) is 0 Å². The Bertz CT molecular complexity index is 316. The molecule has 0 radical (unpaired) electrons. The van der Waals surface area contributed by atoms with Crippen LogP contribution in [-0.2, 0) is 19.0 Å². The molecule has 0 aromatic rings. The van der Waals surface area contributed by atoms with Crippen molar-refractivity contribution in [2.45, 2.75) is 24.4 Å². The summed E-state index contributed by atoms with van der Waals surface area (Å²) in [6, 6.07) is -0.207. The summed E-state index contributed by atoms with van der Waals surface area (Å²) in [5.74, 6) is 0. The van der Waals surface area contributed by atoms with E-state index in [0.29, 0.717) is 6.54 Å². The molecule has 2 aliphatic rings. The van der Waals surface area contributed by atoms with Gasteiger partial charge in [-0.1, -0.05) is 0 Å². The molecule has 0 saturated carbocycles. The molecular weight excluding hydrogens is 210 g/mol. The summed E-state index contributed by atoms with van der Waals surface area (Å²) in [6.07, 6.45) is -0.453. The quantitative estimate of drug-likeness (QED) is 0.530. The van der Waals surface area contributed by atoms with Gasteiger partial charge in [0.2, 0.25) is 0 Å². The molecule has 82 valence electrons. The van der Waals surface area contributed by atoms with Crippen LogP contribution in [0.3, 0.4) is 0 Å². The highest BCUT2D eigenvalue weighted by Crippen LogP contribution is 2.25. The fourth-order valence-corrected chi connectivity index (χ4v) is 2.54. The van der Waals surface area contributed by atoms with Gasteiger partial charge in [-0.2, -0.15) is 8.42 Å². The van der Waals surface area contributed by atoms with Crippen LogP contribution in [-0.4, -0.2) is 57.3 Å². The second kappa shape index (κ2) is 3.42. The lowest BCUT2D eigenvalue weighted by molar-refractivity contribution is 0.0282. The summed E-state index contributed by atoms with van der Waals surface area (Å²) < 4.78 is 31.9. The summed E-state index contributed by atoms with van der Waals surface area (Å²) in [5.41, 5.74) is 0. The number of nitrogens with one attached hydrogen (secondary N) is 1. The summed E-state index contributed by atoms with van der Waals surface area (Å²) in [6.45, 7) is 0.616. The lowest BCUT2D eigenvalue weighted by atomic mass is 10.1. The highest BCUT2D eigenvalue weighted by Gasteiger charge is 2.47. The van der Waals surface area contributed by atoms with E-state index >= 15 is 0 Å². The SMILES string of the molecule is CS(=O)(=O)O[C@H]1CN[C@H]2[C@@H]1OC[C@@H]2O. The average molecular weight is 223 g/mol. The molecule has 0 aromatic carbocycles. The Morgan fingerprint density at radius 3 is 2.93 bits per heavy atom. The number of fused-ring (bicyclic) bond motifs is 1. The smallest absolute Gasteiger partial charge is 0.264 e. The fraction of sp³-hybridized carbons (Fsp3) is 1.00. The molecule has 6 nitrogen and oxygen atoms in total. The summed E-state index contributed by atoms with van der Waals surface area (Å²) in [7, 11) is -3.47. The normalized spacial score (nSPS) is 42.7. The van der Waals surface area contributed by atoms with Gasteiger partial charge in [0, 0.05) is 6.54 Å². The minimum Gasteiger partial charge on any atom is -0.389 e. The molecule has 2 aliphatic heterocycles. The van der Waals surface area contributed by atoms with Crippen molar-refractivity contribution in [3.63, 3.8) is 0 Å². The molecule has 2 fully saturated rings. The van der Waals surface area contributed by atoms with E-state index < -0.39 is 22.3 Å². The summed E-state index contributed by atoms with van der Waals surface area (Å²) in [4.78, 5) is 0. The van der Waals surface area contributed by atoms with Crippen molar-refractivity contribution < 1.29 is 22.4 Å². The molecule has 4 atom stereocenters. The summed E-state index contributed by atoms with van der Waals surface area (Å²) in [5, 5.41) is 12.4. The van der Waals surface area contributed by atoms with Crippen LogP contribution in [0.2, 0.25) is 0 Å². The number of rotatable bonds is 2. The first kappa shape index (κ1) is 10.3. The molecule has 2 saturated heterocycles. The third-order valence-corrected chi connectivity index (χ3v) is 3.04. The number of hydrogen-bond donors (Lipinski definition) is 2. The van der Waals surface area contributed by atoms with Gasteiger partial charge in [-0.15, -0.1) is 0 Å². The van der Waals surface area contributed by atoms with Crippen LogP contribution < -0.4 is 5.32 Å². The van der Waals surface area contributed by atoms with E-state index in [1.165, 1.54) is 0 Å². The van der Waals surface area contributed by atoms with E-state index in [2.05, 4.69) is 5.32 Å². The number of aliphatic hydroxyl groups is 1. The van der Waals surface area contributed by atoms with Crippen molar-refractivity contribution in [1.29, 1.82) is 0 Å². The van der Waals surface area contributed by atoms with Gasteiger partial charge in [-0.25, -0.2) is 0 Å². The van der Waals surface area contributed by atoms with E-state index in [1.807, 2.05) is 0 Å². The molecule has 0 aliphatic carbocycles. The van der Waals surface area contributed by atoms with Crippen LogP contribution in [0.1, 0.15) is 0 Å². The van der Waals surface area contributed by atoms with Gasteiger partial charge >= 0.3 is 0 Å². The van der Waals surface area contributed by atoms with Gasteiger partial charge in [0.1, 0.15) is 12.2 Å². The van der Waals surface area contributed by atoms with Crippen LogP contribution in [0.4, 0.5) is 0 Å². The number of hydrogen-bond acceptors (Lipinski definition) is 6. The molecule has 0 aromatic heterocycles. The van der Waals surface area contributed by atoms with Crippen molar-refractivity contribution in [3.8, 4) is 0 Å². The van der Waals surface area contributed by atoms with Gasteiger partial charge in [0.25, 0.3) is 10.1 Å². The van der Waals surface area contributed by atoms with Crippen molar-refractivity contribution in [3.05, 3.63) is 0 Å². The van der Waals surface area contributed by atoms with E-state index in [9.17, 15) is 13.5 Å². The van der Waals surface area contributed by atoms with Gasteiger partial charge in [0.05, 0.1) is 25.0 Å². The Morgan fingerprint density at radius 2 is 2.29 bits per heavy atom. The van der Waals surface area contributed by atoms with Crippen LogP contribution >= 0.6 is 0 Å². The summed E-state index contributed by atoms with van der Waals surface area (Å²) >= 11 is 0. The van der Waals surface area contributed by atoms with Crippen LogP contribution in [0.25, 0.3) is 0 Å². The number of aliphatic hydroxyl groups excluding tert-OH is 1. The van der Waals surface area contributed by atoms with Gasteiger partial charge in [-0.3, -0.25) is 4.18 Å². The molecule has 2 N–H and O–H groups in total. The first-order chi connectivity index (χ1) is 6.47. The van der Waals surface area contributed by atoms with Crippen molar-refractivity contribution >= 4 is 10.1 Å². The minimum absolute atomic E-state index is 0.207. The maximum absolute atomic E-state index is 10.9. The molecule has 0 unspecified atom stereocenters. The van der Waals surface area contributed by atoms with Gasteiger partial charge < -0.3 is 15.2 Å². The maximum atomic E-state index is 10.9. The second-order valence-corrected chi connectivity index (χ2v) is 5.24. The predicted molar refractivity (Wildman–Crippen MR) is 47.3 cm³/mol. The average Bonchev–Trinajstić information content (AvgIpc) is 2.55. The third-order valence-electron chi connectivity index (χ3n) is 2.45. The van der Waals surface area contributed by atoms with Crippen LogP contribution in [0.15, 0.2) is 0 Å². The Balaban J connectivity index is 2.04. The van der Waals surface area contributed by atoms with E-state index in [4.69, 9.17) is 8.92 Å². The third kappa shape index (κ3) is 1.91. The zero-order chi connectivity index (χ0) is 10.3. The standard InChI is InChI=1S/C7H13NO5S/c1-14(10,11)13-5-2-8-6-4(9)3-12-7(5)6/h4-9H,2-3H2,1H3/t4-,5-,6+,7+/m0/s1. The topological polar surface area (TPSA) is 84.9 Å².